The molecule has 1 rings (SSSR count). The van der Waals surface area contributed by atoms with Crippen LogP contribution in [0.25, 0.3) is 0 Å². The van der Waals surface area contributed by atoms with Gasteiger partial charge < -0.3 is 10.2 Å². The Hall–Kier alpha value is -1.34. The summed E-state index contributed by atoms with van der Waals surface area (Å²) < 4.78 is 0. The van der Waals surface area contributed by atoms with Crippen molar-refractivity contribution in [3.8, 4) is 0 Å². The normalized spacial score (nSPS) is 21.5. The molecule has 0 unspecified atom stereocenters. The molecule has 0 bridgehead atoms. The zero-order valence-electron chi connectivity index (χ0n) is 10.1. The Balaban J connectivity index is 2.60. The SMILES string of the molecule is CN(C)CCN=C[C@@H]1C(=O)NC(=S)N(C)C1=O. The molecule has 1 atom stereocenters. The fourth-order valence-electron chi connectivity index (χ4n) is 1.26. The van der Waals surface area contributed by atoms with E-state index >= 15 is 0 Å². The second kappa shape index (κ2) is 5.83. The molecule has 1 N–H and O–H groups in total. The number of thiocarbonyl (C=S) groups is 1. The Morgan fingerprint density at radius 1 is 1.53 bits per heavy atom. The topological polar surface area (TPSA) is 65.0 Å². The zero-order valence-corrected chi connectivity index (χ0v) is 11.0. The van der Waals surface area contributed by atoms with Crippen molar-refractivity contribution >= 4 is 35.4 Å². The van der Waals surface area contributed by atoms with Crippen LogP contribution in [0.15, 0.2) is 4.99 Å². The summed E-state index contributed by atoms with van der Waals surface area (Å²) >= 11 is 4.83. The van der Waals surface area contributed by atoms with E-state index in [1.54, 1.807) is 0 Å². The fourth-order valence-corrected chi connectivity index (χ4v) is 1.45. The number of nitrogens with one attached hydrogen (secondary N) is 1. The maximum Gasteiger partial charge on any atom is 0.246 e. The summed E-state index contributed by atoms with van der Waals surface area (Å²) in [6.07, 6.45) is 1.39. The van der Waals surface area contributed by atoms with E-state index in [1.165, 1.54) is 18.2 Å². The van der Waals surface area contributed by atoms with Gasteiger partial charge in [-0.1, -0.05) is 0 Å². The standard InChI is InChI=1S/C10H16N4O2S/c1-13(2)5-4-11-6-7-8(15)12-10(17)14(3)9(7)16/h6-7H,4-5H2,1-3H3,(H,12,15,17)/t7-/m1/s1. The van der Waals surface area contributed by atoms with E-state index in [0.29, 0.717) is 6.54 Å². The van der Waals surface area contributed by atoms with Gasteiger partial charge in [-0.15, -0.1) is 0 Å². The summed E-state index contributed by atoms with van der Waals surface area (Å²) in [7, 11) is 5.39. The number of aliphatic imine (C=N–C) groups is 1. The molecule has 1 heterocycles. The van der Waals surface area contributed by atoms with Crippen molar-refractivity contribution < 1.29 is 9.59 Å². The molecule has 1 saturated heterocycles. The lowest BCUT2D eigenvalue weighted by Crippen LogP contribution is -2.56. The van der Waals surface area contributed by atoms with Gasteiger partial charge in [-0.2, -0.15) is 0 Å². The minimum absolute atomic E-state index is 0.137. The summed E-state index contributed by atoms with van der Waals surface area (Å²) in [4.78, 5) is 30.6. The van der Waals surface area contributed by atoms with Crippen molar-refractivity contribution in [3.05, 3.63) is 0 Å². The van der Waals surface area contributed by atoms with Crippen LogP contribution in [0.1, 0.15) is 0 Å². The third-order valence-electron chi connectivity index (χ3n) is 2.34. The fraction of sp³-hybridized carbons (Fsp3) is 0.600. The molecule has 0 aromatic heterocycles. The molecular formula is C10H16N4O2S. The van der Waals surface area contributed by atoms with Crippen LogP contribution in [0.5, 0.6) is 0 Å². The van der Waals surface area contributed by atoms with Gasteiger partial charge in [0.25, 0.3) is 0 Å². The maximum absolute atomic E-state index is 11.8. The van der Waals surface area contributed by atoms with E-state index < -0.39 is 11.8 Å². The van der Waals surface area contributed by atoms with E-state index in [9.17, 15) is 9.59 Å². The van der Waals surface area contributed by atoms with Crippen LogP contribution in [0.4, 0.5) is 0 Å². The molecule has 94 valence electrons. The highest BCUT2D eigenvalue weighted by atomic mass is 32.1. The van der Waals surface area contributed by atoms with Crippen molar-refractivity contribution in [2.24, 2.45) is 10.9 Å². The van der Waals surface area contributed by atoms with E-state index in [-0.39, 0.29) is 11.0 Å². The summed E-state index contributed by atoms with van der Waals surface area (Å²) in [5.74, 6) is -1.62. The lowest BCUT2D eigenvalue weighted by Gasteiger charge is -2.27. The largest absolute Gasteiger partial charge is 0.308 e. The molecular weight excluding hydrogens is 240 g/mol. The molecule has 0 aromatic rings. The van der Waals surface area contributed by atoms with Crippen LogP contribution in [0.3, 0.4) is 0 Å². The highest BCUT2D eigenvalue weighted by Crippen LogP contribution is 2.06. The number of nitrogens with zero attached hydrogens (tertiary/aromatic N) is 3. The summed E-state index contributed by atoms with van der Waals surface area (Å²) in [5.41, 5.74) is 0. The van der Waals surface area contributed by atoms with E-state index in [2.05, 4.69) is 10.3 Å². The Morgan fingerprint density at radius 2 is 2.18 bits per heavy atom. The quantitative estimate of drug-likeness (QED) is 0.402. The summed E-state index contributed by atoms with van der Waals surface area (Å²) in [6.45, 7) is 1.32. The number of likely N-dealkylation sites (N-methyl/N-ethyl adjacent to an activating group) is 1. The van der Waals surface area contributed by atoms with Gasteiger partial charge in [0.1, 0.15) is 0 Å². The Morgan fingerprint density at radius 3 is 2.76 bits per heavy atom. The molecule has 1 fully saturated rings. The first kappa shape index (κ1) is 13.7. The first-order valence-corrected chi connectivity index (χ1v) is 5.61. The summed E-state index contributed by atoms with van der Waals surface area (Å²) in [6, 6.07) is 0. The minimum Gasteiger partial charge on any atom is -0.308 e. The molecule has 0 saturated carbocycles. The maximum atomic E-state index is 11.8. The van der Waals surface area contributed by atoms with Gasteiger partial charge in [-0.25, -0.2) is 0 Å². The molecule has 0 aliphatic carbocycles. The van der Waals surface area contributed by atoms with Gasteiger partial charge in [-0.3, -0.25) is 19.5 Å². The van der Waals surface area contributed by atoms with E-state index in [0.717, 1.165) is 6.54 Å². The van der Waals surface area contributed by atoms with Gasteiger partial charge in [0.05, 0.1) is 6.54 Å². The molecule has 2 amide bonds. The van der Waals surface area contributed by atoms with Crippen LogP contribution < -0.4 is 5.32 Å². The van der Waals surface area contributed by atoms with Gasteiger partial charge in [0, 0.05) is 19.8 Å². The highest BCUT2D eigenvalue weighted by Gasteiger charge is 2.35. The van der Waals surface area contributed by atoms with Gasteiger partial charge in [0.15, 0.2) is 11.0 Å². The Labute approximate surface area is 106 Å². The number of rotatable bonds is 4. The highest BCUT2D eigenvalue weighted by molar-refractivity contribution is 7.80. The molecule has 1 aliphatic rings. The van der Waals surface area contributed by atoms with Crippen LogP contribution in [0.2, 0.25) is 0 Å². The van der Waals surface area contributed by atoms with Gasteiger partial charge in [-0.05, 0) is 26.3 Å². The van der Waals surface area contributed by atoms with Crippen LogP contribution in [-0.4, -0.2) is 67.2 Å². The molecule has 17 heavy (non-hydrogen) atoms. The Kier molecular flexibility index (Phi) is 4.71. The second-order valence-electron chi connectivity index (χ2n) is 4.03. The number of hydrogen-bond donors (Lipinski definition) is 1. The van der Waals surface area contributed by atoms with Gasteiger partial charge in [0.2, 0.25) is 11.8 Å². The average Bonchev–Trinajstić information content (AvgIpc) is 2.24. The van der Waals surface area contributed by atoms with Crippen molar-refractivity contribution in [2.45, 2.75) is 0 Å². The minimum atomic E-state index is -0.867. The van der Waals surface area contributed by atoms with Crippen molar-refractivity contribution in [3.63, 3.8) is 0 Å². The third kappa shape index (κ3) is 3.57. The molecule has 6 nitrogen and oxygen atoms in total. The van der Waals surface area contributed by atoms with Crippen LogP contribution in [-0.2, 0) is 9.59 Å². The summed E-state index contributed by atoms with van der Waals surface area (Å²) in [5, 5.41) is 2.59. The predicted octanol–water partition coefficient (Wildman–Crippen LogP) is -0.892. The number of amides is 2. The van der Waals surface area contributed by atoms with E-state index in [1.807, 2.05) is 19.0 Å². The molecule has 0 radical (unpaired) electrons. The monoisotopic (exact) mass is 256 g/mol. The van der Waals surface area contributed by atoms with Crippen LogP contribution in [0, 0.1) is 5.92 Å². The van der Waals surface area contributed by atoms with Crippen molar-refractivity contribution in [2.75, 3.05) is 34.2 Å². The average molecular weight is 256 g/mol. The zero-order chi connectivity index (χ0) is 13.0. The van der Waals surface area contributed by atoms with Crippen molar-refractivity contribution in [1.29, 1.82) is 0 Å². The lowest BCUT2D eigenvalue weighted by molar-refractivity contribution is -0.137. The molecule has 0 spiro atoms. The number of carbonyl (C=O) groups is 2. The molecule has 7 heteroatoms. The lowest BCUT2D eigenvalue weighted by atomic mass is 10.1. The Bertz CT molecular complexity index is 367. The van der Waals surface area contributed by atoms with Crippen LogP contribution >= 0.6 is 12.2 Å². The van der Waals surface area contributed by atoms with Crippen molar-refractivity contribution in [1.82, 2.24) is 15.1 Å². The smallest absolute Gasteiger partial charge is 0.246 e. The first-order valence-electron chi connectivity index (χ1n) is 5.20. The van der Waals surface area contributed by atoms with E-state index in [4.69, 9.17) is 12.2 Å². The number of hydrogen-bond acceptors (Lipinski definition) is 5. The number of carbonyl (C=O) groups excluding carboxylic acids is 2. The predicted molar refractivity (Wildman–Crippen MR) is 68.9 cm³/mol. The van der Waals surface area contributed by atoms with Gasteiger partial charge >= 0.3 is 0 Å². The molecule has 1 aliphatic heterocycles. The second-order valence-corrected chi connectivity index (χ2v) is 4.41. The third-order valence-corrected chi connectivity index (χ3v) is 2.72. The molecule has 0 aromatic carbocycles. The first-order chi connectivity index (χ1) is 7.93.